The molecule has 1 aliphatic heterocycles. The van der Waals surface area contributed by atoms with E-state index in [1.165, 1.54) is 11.9 Å². The second-order valence-electron chi connectivity index (χ2n) is 7.29. The van der Waals surface area contributed by atoms with Gasteiger partial charge in [-0.2, -0.15) is 0 Å². The Labute approximate surface area is 165 Å². The number of carbonyl (C=O) groups is 1. The lowest BCUT2D eigenvalue weighted by Gasteiger charge is -2.26. The monoisotopic (exact) mass is 373 g/mol. The minimum Gasteiger partial charge on any atom is -0.491 e. The van der Waals surface area contributed by atoms with E-state index in [2.05, 4.69) is 16.0 Å². The Morgan fingerprint density at radius 3 is 2.61 bits per heavy atom. The SMILES string of the molecule is Cc1ccc(CC(=O)N2Cc3cc(-c4cncnc4)ccc3OC[C@@H]2C)cc1. The fourth-order valence-corrected chi connectivity index (χ4v) is 3.43. The maximum atomic E-state index is 13.0. The van der Waals surface area contributed by atoms with Gasteiger partial charge in [0.15, 0.2) is 0 Å². The molecule has 4 rings (SSSR count). The minimum atomic E-state index is 0.00820. The normalized spacial score (nSPS) is 16.1. The Balaban J connectivity index is 1.58. The molecule has 1 aliphatic rings. The Kier molecular flexibility index (Phi) is 5.06. The highest BCUT2D eigenvalue weighted by molar-refractivity contribution is 5.79. The molecule has 142 valence electrons. The van der Waals surface area contributed by atoms with Gasteiger partial charge in [0, 0.05) is 30.1 Å². The third kappa shape index (κ3) is 3.88. The van der Waals surface area contributed by atoms with Gasteiger partial charge >= 0.3 is 0 Å². The molecular formula is C23H23N3O2. The molecule has 0 unspecified atom stereocenters. The number of hydrogen-bond donors (Lipinski definition) is 0. The smallest absolute Gasteiger partial charge is 0.227 e. The molecule has 2 aromatic carbocycles. The van der Waals surface area contributed by atoms with E-state index in [1.807, 2.05) is 55.1 Å². The molecule has 0 saturated carbocycles. The van der Waals surface area contributed by atoms with Crippen molar-refractivity contribution in [2.75, 3.05) is 6.61 Å². The van der Waals surface area contributed by atoms with Crippen molar-refractivity contribution in [1.29, 1.82) is 0 Å². The van der Waals surface area contributed by atoms with Crippen molar-refractivity contribution in [3.63, 3.8) is 0 Å². The van der Waals surface area contributed by atoms with Crippen molar-refractivity contribution in [2.45, 2.75) is 32.9 Å². The summed E-state index contributed by atoms with van der Waals surface area (Å²) in [6.07, 6.45) is 5.49. The average Bonchev–Trinajstić information content (AvgIpc) is 2.89. The Hall–Kier alpha value is -3.21. The van der Waals surface area contributed by atoms with E-state index in [0.717, 1.165) is 28.0 Å². The van der Waals surface area contributed by atoms with Gasteiger partial charge in [-0.15, -0.1) is 0 Å². The van der Waals surface area contributed by atoms with Crippen LogP contribution in [-0.2, 0) is 17.8 Å². The van der Waals surface area contributed by atoms with Crippen LogP contribution in [0.4, 0.5) is 0 Å². The average molecular weight is 373 g/mol. The van der Waals surface area contributed by atoms with Crippen LogP contribution in [0.15, 0.2) is 61.2 Å². The van der Waals surface area contributed by atoms with Crippen LogP contribution < -0.4 is 4.74 Å². The lowest BCUT2D eigenvalue weighted by molar-refractivity contribution is -0.133. The number of aromatic nitrogens is 2. The molecule has 0 N–H and O–H groups in total. The van der Waals surface area contributed by atoms with E-state index >= 15 is 0 Å². The summed E-state index contributed by atoms with van der Waals surface area (Å²) < 4.78 is 5.97. The fraction of sp³-hybridized carbons (Fsp3) is 0.261. The van der Waals surface area contributed by atoms with E-state index in [9.17, 15) is 4.79 Å². The molecule has 1 aromatic heterocycles. The molecule has 2 heterocycles. The highest BCUT2D eigenvalue weighted by Gasteiger charge is 2.26. The number of carbonyl (C=O) groups excluding carboxylic acids is 1. The third-order valence-corrected chi connectivity index (χ3v) is 5.10. The van der Waals surface area contributed by atoms with Gasteiger partial charge in [-0.05, 0) is 37.1 Å². The standard InChI is InChI=1S/C23H23N3O2/c1-16-3-5-18(6-4-16)9-23(27)26-13-20-10-19(21-11-24-15-25-12-21)7-8-22(20)28-14-17(26)2/h3-8,10-12,15,17H,9,13-14H2,1-2H3/t17-/m0/s1. The van der Waals surface area contributed by atoms with Crippen LogP contribution in [0.1, 0.15) is 23.6 Å². The summed E-state index contributed by atoms with van der Waals surface area (Å²) in [5.41, 5.74) is 5.19. The van der Waals surface area contributed by atoms with E-state index in [4.69, 9.17) is 4.74 Å². The predicted octanol–water partition coefficient (Wildman–Crippen LogP) is 3.80. The first-order valence-electron chi connectivity index (χ1n) is 9.46. The number of benzene rings is 2. The van der Waals surface area contributed by atoms with Gasteiger partial charge in [-0.25, -0.2) is 9.97 Å². The zero-order valence-corrected chi connectivity index (χ0v) is 16.1. The highest BCUT2D eigenvalue weighted by Crippen LogP contribution is 2.30. The van der Waals surface area contributed by atoms with Crippen LogP contribution in [0.2, 0.25) is 0 Å². The predicted molar refractivity (Wildman–Crippen MR) is 108 cm³/mol. The Morgan fingerprint density at radius 1 is 1.11 bits per heavy atom. The second kappa shape index (κ2) is 7.80. The number of hydrogen-bond acceptors (Lipinski definition) is 4. The van der Waals surface area contributed by atoms with Gasteiger partial charge in [-0.1, -0.05) is 35.9 Å². The molecule has 5 nitrogen and oxygen atoms in total. The summed E-state index contributed by atoms with van der Waals surface area (Å²) in [5.74, 6) is 0.944. The summed E-state index contributed by atoms with van der Waals surface area (Å²) >= 11 is 0. The minimum absolute atomic E-state index is 0.00820. The molecule has 28 heavy (non-hydrogen) atoms. The highest BCUT2D eigenvalue weighted by atomic mass is 16.5. The van der Waals surface area contributed by atoms with Crippen LogP contribution in [0, 0.1) is 6.92 Å². The summed E-state index contributed by atoms with van der Waals surface area (Å²) in [4.78, 5) is 23.1. The van der Waals surface area contributed by atoms with Gasteiger partial charge in [0.1, 0.15) is 18.7 Å². The first-order valence-corrected chi connectivity index (χ1v) is 9.46. The van der Waals surface area contributed by atoms with Crippen molar-refractivity contribution in [3.8, 4) is 16.9 Å². The van der Waals surface area contributed by atoms with Crippen molar-refractivity contribution < 1.29 is 9.53 Å². The van der Waals surface area contributed by atoms with Crippen LogP contribution in [0.25, 0.3) is 11.1 Å². The van der Waals surface area contributed by atoms with Crippen molar-refractivity contribution in [2.24, 2.45) is 0 Å². The zero-order chi connectivity index (χ0) is 19.5. The number of nitrogens with zero attached hydrogens (tertiary/aromatic N) is 3. The Morgan fingerprint density at radius 2 is 1.86 bits per heavy atom. The van der Waals surface area contributed by atoms with Gasteiger partial charge in [-0.3, -0.25) is 4.79 Å². The number of rotatable bonds is 3. The molecule has 0 radical (unpaired) electrons. The van der Waals surface area contributed by atoms with E-state index in [1.54, 1.807) is 12.4 Å². The fourth-order valence-electron chi connectivity index (χ4n) is 3.43. The molecule has 5 heteroatoms. The van der Waals surface area contributed by atoms with Crippen LogP contribution in [-0.4, -0.2) is 33.4 Å². The summed E-state index contributed by atoms with van der Waals surface area (Å²) in [6, 6.07) is 14.2. The molecule has 0 saturated heterocycles. The summed E-state index contributed by atoms with van der Waals surface area (Å²) in [7, 11) is 0. The first kappa shape index (κ1) is 18.2. The van der Waals surface area contributed by atoms with Gasteiger partial charge in [0.2, 0.25) is 5.91 Å². The number of aryl methyl sites for hydroxylation is 1. The molecular weight excluding hydrogens is 350 g/mol. The van der Waals surface area contributed by atoms with Crippen LogP contribution in [0.3, 0.4) is 0 Å². The van der Waals surface area contributed by atoms with Crippen molar-refractivity contribution >= 4 is 5.91 Å². The molecule has 0 bridgehead atoms. The van der Waals surface area contributed by atoms with Gasteiger partial charge < -0.3 is 9.64 Å². The molecule has 1 atom stereocenters. The zero-order valence-electron chi connectivity index (χ0n) is 16.1. The quantitative estimate of drug-likeness (QED) is 0.701. The van der Waals surface area contributed by atoms with E-state index in [0.29, 0.717) is 19.6 Å². The van der Waals surface area contributed by atoms with Crippen molar-refractivity contribution in [3.05, 3.63) is 77.9 Å². The third-order valence-electron chi connectivity index (χ3n) is 5.10. The lowest BCUT2D eigenvalue weighted by atomic mass is 10.0. The number of ether oxygens (including phenoxy) is 1. The number of fused-ring (bicyclic) bond motifs is 1. The Bertz CT molecular complexity index is 971. The first-order chi connectivity index (χ1) is 13.6. The van der Waals surface area contributed by atoms with E-state index < -0.39 is 0 Å². The van der Waals surface area contributed by atoms with Crippen LogP contribution in [0.5, 0.6) is 5.75 Å². The maximum absolute atomic E-state index is 13.0. The largest absolute Gasteiger partial charge is 0.491 e. The number of amides is 1. The molecule has 0 spiro atoms. The van der Waals surface area contributed by atoms with Gasteiger partial charge in [0.05, 0.1) is 12.5 Å². The molecule has 0 aliphatic carbocycles. The summed E-state index contributed by atoms with van der Waals surface area (Å²) in [6.45, 7) is 5.10. The second-order valence-corrected chi connectivity index (χ2v) is 7.29. The topological polar surface area (TPSA) is 55.3 Å². The molecule has 1 amide bonds. The van der Waals surface area contributed by atoms with Gasteiger partial charge in [0.25, 0.3) is 0 Å². The van der Waals surface area contributed by atoms with Crippen LogP contribution >= 0.6 is 0 Å². The lowest BCUT2D eigenvalue weighted by Crippen LogP contribution is -2.40. The molecule has 0 fully saturated rings. The summed E-state index contributed by atoms with van der Waals surface area (Å²) in [5, 5.41) is 0. The van der Waals surface area contributed by atoms with Crippen molar-refractivity contribution in [1.82, 2.24) is 14.9 Å². The maximum Gasteiger partial charge on any atom is 0.227 e. The molecule has 3 aromatic rings. The van der Waals surface area contributed by atoms with E-state index in [-0.39, 0.29) is 11.9 Å².